The van der Waals surface area contributed by atoms with Gasteiger partial charge in [0.05, 0.1) is 0 Å². The Bertz CT molecular complexity index is 340. The SMILES string of the molecule is CC(C)C(CNC(=O)C1=NNC(=O)CC1)C(C)C. The van der Waals surface area contributed by atoms with E-state index in [9.17, 15) is 9.59 Å². The maximum Gasteiger partial charge on any atom is 0.267 e. The Morgan fingerprint density at radius 3 is 2.33 bits per heavy atom. The predicted octanol–water partition coefficient (Wildman–Crippen LogP) is 1.30. The summed E-state index contributed by atoms with van der Waals surface area (Å²) in [5.74, 6) is 1.21. The van der Waals surface area contributed by atoms with Gasteiger partial charge >= 0.3 is 0 Å². The molecular formula is C13H23N3O2. The maximum atomic E-state index is 11.9. The van der Waals surface area contributed by atoms with Crippen molar-refractivity contribution in [1.29, 1.82) is 0 Å². The van der Waals surface area contributed by atoms with Crippen molar-refractivity contribution in [2.75, 3.05) is 6.54 Å². The molecule has 0 spiro atoms. The number of carbonyl (C=O) groups excluding carboxylic acids is 2. The number of carbonyl (C=O) groups is 2. The summed E-state index contributed by atoms with van der Waals surface area (Å²) in [6.45, 7) is 9.30. The quantitative estimate of drug-likeness (QED) is 0.775. The van der Waals surface area contributed by atoms with E-state index in [1.807, 2.05) is 0 Å². The molecule has 0 aliphatic carbocycles. The monoisotopic (exact) mass is 253 g/mol. The lowest BCUT2D eigenvalue weighted by Gasteiger charge is -2.25. The van der Waals surface area contributed by atoms with Gasteiger partial charge in [-0.1, -0.05) is 27.7 Å². The van der Waals surface area contributed by atoms with Gasteiger partial charge in [-0.25, -0.2) is 5.43 Å². The van der Waals surface area contributed by atoms with E-state index in [0.29, 0.717) is 42.9 Å². The molecular weight excluding hydrogens is 230 g/mol. The maximum absolute atomic E-state index is 11.9. The van der Waals surface area contributed by atoms with Crippen molar-refractivity contribution in [3.8, 4) is 0 Å². The number of rotatable bonds is 5. The van der Waals surface area contributed by atoms with Gasteiger partial charge in [-0.3, -0.25) is 9.59 Å². The summed E-state index contributed by atoms with van der Waals surface area (Å²) in [5, 5.41) is 6.69. The first-order valence-electron chi connectivity index (χ1n) is 6.55. The predicted molar refractivity (Wildman–Crippen MR) is 71.0 cm³/mol. The van der Waals surface area contributed by atoms with Crippen LogP contribution in [-0.2, 0) is 9.59 Å². The lowest BCUT2D eigenvalue weighted by molar-refractivity contribution is -0.121. The van der Waals surface area contributed by atoms with Gasteiger partial charge < -0.3 is 5.32 Å². The molecule has 18 heavy (non-hydrogen) atoms. The van der Waals surface area contributed by atoms with Crippen molar-refractivity contribution in [2.45, 2.75) is 40.5 Å². The minimum atomic E-state index is -0.165. The molecule has 1 aliphatic rings. The molecule has 0 fully saturated rings. The van der Waals surface area contributed by atoms with Crippen LogP contribution in [0.1, 0.15) is 40.5 Å². The summed E-state index contributed by atoms with van der Waals surface area (Å²) < 4.78 is 0. The highest BCUT2D eigenvalue weighted by Gasteiger charge is 2.21. The Hall–Kier alpha value is -1.39. The van der Waals surface area contributed by atoms with E-state index in [4.69, 9.17) is 0 Å². The Balaban J connectivity index is 2.48. The van der Waals surface area contributed by atoms with Crippen LogP contribution in [0.2, 0.25) is 0 Å². The molecule has 0 bridgehead atoms. The van der Waals surface area contributed by atoms with Crippen LogP contribution >= 0.6 is 0 Å². The molecule has 0 saturated carbocycles. The van der Waals surface area contributed by atoms with Crippen LogP contribution in [0.3, 0.4) is 0 Å². The molecule has 2 N–H and O–H groups in total. The number of hydrogen-bond acceptors (Lipinski definition) is 3. The van der Waals surface area contributed by atoms with E-state index >= 15 is 0 Å². The summed E-state index contributed by atoms with van der Waals surface area (Å²) in [7, 11) is 0. The van der Waals surface area contributed by atoms with Crippen LogP contribution in [0.4, 0.5) is 0 Å². The van der Waals surface area contributed by atoms with Crippen LogP contribution < -0.4 is 10.7 Å². The lowest BCUT2D eigenvalue weighted by Crippen LogP contribution is -2.40. The van der Waals surface area contributed by atoms with Crippen molar-refractivity contribution in [1.82, 2.24) is 10.7 Å². The molecule has 102 valence electrons. The molecule has 1 rings (SSSR count). The zero-order valence-corrected chi connectivity index (χ0v) is 11.6. The van der Waals surface area contributed by atoms with E-state index in [1.165, 1.54) is 0 Å². The molecule has 0 saturated heterocycles. The molecule has 0 unspecified atom stereocenters. The lowest BCUT2D eigenvalue weighted by atomic mass is 9.85. The average molecular weight is 253 g/mol. The fraction of sp³-hybridized carbons (Fsp3) is 0.769. The molecule has 0 aromatic carbocycles. The van der Waals surface area contributed by atoms with Gasteiger partial charge in [-0.2, -0.15) is 5.10 Å². The largest absolute Gasteiger partial charge is 0.351 e. The summed E-state index contributed by atoms with van der Waals surface area (Å²) >= 11 is 0. The normalized spacial score (nSPS) is 15.9. The third-order valence-corrected chi connectivity index (χ3v) is 3.38. The minimum absolute atomic E-state index is 0.131. The fourth-order valence-electron chi connectivity index (χ4n) is 2.19. The Labute approximate surface area is 108 Å². The fourth-order valence-corrected chi connectivity index (χ4v) is 2.19. The van der Waals surface area contributed by atoms with Crippen LogP contribution in [-0.4, -0.2) is 24.1 Å². The van der Waals surface area contributed by atoms with E-state index < -0.39 is 0 Å². The van der Waals surface area contributed by atoms with Gasteiger partial charge in [-0.15, -0.1) is 0 Å². The number of hydrazone groups is 1. The van der Waals surface area contributed by atoms with Crippen molar-refractivity contribution in [3.05, 3.63) is 0 Å². The summed E-state index contributed by atoms with van der Waals surface area (Å²) in [5.41, 5.74) is 2.75. The van der Waals surface area contributed by atoms with Gasteiger partial charge in [0.1, 0.15) is 5.71 Å². The summed E-state index contributed by atoms with van der Waals surface area (Å²) in [6.07, 6.45) is 0.760. The molecule has 0 aromatic heterocycles. The standard InChI is InChI=1S/C13H23N3O2/c1-8(2)10(9(3)4)7-14-13(18)11-5-6-12(17)16-15-11/h8-10H,5-7H2,1-4H3,(H,14,18)(H,16,17). The van der Waals surface area contributed by atoms with Crippen LogP contribution in [0.25, 0.3) is 0 Å². The molecule has 1 heterocycles. The molecule has 0 radical (unpaired) electrons. The first-order chi connectivity index (χ1) is 8.41. The molecule has 0 aromatic rings. The van der Waals surface area contributed by atoms with Gasteiger partial charge in [0, 0.05) is 19.4 Å². The summed E-state index contributed by atoms with van der Waals surface area (Å²) in [4.78, 5) is 22.8. The highest BCUT2D eigenvalue weighted by Crippen LogP contribution is 2.19. The van der Waals surface area contributed by atoms with Crippen LogP contribution in [0, 0.1) is 17.8 Å². The number of nitrogens with one attached hydrogen (secondary N) is 2. The van der Waals surface area contributed by atoms with Gasteiger partial charge in [0.25, 0.3) is 5.91 Å². The van der Waals surface area contributed by atoms with Crippen molar-refractivity contribution in [3.63, 3.8) is 0 Å². The van der Waals surface area contributed by atoms with E-state index in [2.05, 4.69) is 43.5 Å². The molecule has 1 aliphatic heterocycles. The first kappa shape index (κ1) is 14.7. The second kappa shape index (κ2) is 6.52. The molecule has 2 amide bonds. The molecule has 5 heteroatoms. The number of amides is 2. The minimum Gasteiger partial charge on any atom is -0.351 e. The molecule has 0 atom stereocenters. The van der Waals surface area contributed by atoms with Crippen molar-refractivity contribution >= 4 is 17.5 Å². The highest BCUT2D eigenvalue weighted by atomic mass is 16.2. The van der Waals surface area contributed by atoms with Crippen molar-refractivity contribution in [2.24, 2.45) is 22.9 Å². The Morgan fingerprint density at radius 2 is 1.89 bits per heavy atom. The van der Waals surface area contributed by atoms with E-state index in [1.54, 1.807) is 0 Å². The zero-order chi connectivity index (χ0) is 13.7. The van der Waals surface area contributed by atoms with Gasteiger partial charge in [-0.05, 0) is 17.8 Å². The van der Waals surface area contributed by atoms with E-state index in [0.717, 1.165) is 0 Å². The van der Waals surface area contributed by atoms with Crippen molar-refractivity contribution < 1.29 is 9.59 Å². The number of hydrogen-bond donors (Lipinski definition) is 2. The molecule has 5 nitrogen and oxygen atoms in total. The Morgan fingerprint density at radius 1 is 1.28 bits per heavy atom. The van der Waals surface area contributed by atoms with Gasteiger partial charge in [0.2, 0.25) is 5.91 Å². The number of nitrogens with zero attached hydrogens (tertiary/aromatic N) is 1. The average Bonchev–Trinajstić information content (AvgIpc) is 2.28. The van der Waals surface area contributed by atoms with Crippen LogP contribution in [0.15, 0.2) is 5.10 Å². The first-order valence-corrected chi connectivity index (χ1v) is 6.55. The van der Waals surface area contributed by atoms with E-state index in [-0.39, 0.29) is 11.8 Å². The third-order valence-electron chi connectivity index (χ3n) is 3.38. The van der Waals surface area contributed by atoms with Crippen LogP contribution in [0.5, 0.6) is 0 Å². The topological polar surface area (TPSA) is 70.6 Å². The summed E-state index contributed by atoms with van der Waals surface area (Å²) in [6, 6.07) is 0. The highest BCUT2D eigenvalue weighted by molar-refractivity contribution is 6.39. The Kier molecular flexibility index (Phi) is 5.31. The second-order valence-corrected chi connectivity index (χ2v) is 5.46. The second-order valence-electron chi connectivity index (χ2n) is 5.46. The zero-order valence-electron chi connectivity index (χ0n) is 11.6. The third kappa shape index (κ3) is 4.13. The smallest absolute Gasteiger partial charge is 0.267 e. The van der Waals surface area contributed by atoms with Gasteiger partial charge in [0.15, 0.2) is 0 Å².